The van der Waals surface area contributed by atoms with Gasteiger partial charge in [0, 0.05) is 36.6 Å². The lowest BCUT2D eigenvalue weighted by Crippen LogP contribution is -2.40. The Morgan fingerprint density at radius 3 is 2.80 bits per heavy atom. The number of likely N-dealkylation sites (N-methyl/N-ethyl adjacent to an activating group) is 1. The number of β-amino-alcohol motifs (C(OH)–C–C–N with tert-alkyl or cyclic N) is 1. The third kappa shape index (κ3) is 4.17. The van der Waals surface area contributed by atoms with Crippen molar-refractivity contribution in [2.45, 2.75) is 18.7 Å². The second kappa shape index (κ2) is 8.60. The summed E-state index contributed by atoms with van der Waals surface area (Å²) in [5, 5.41) is 14.5. The summed E-state index contributed by atoms with van der Waals surface area (Å²) in [6, 6.07) is 10.4. The quantitative estimate of drug-likeness (QED) is 0.652. The van der Waals surface area contributed by atoms with Gasteiger partial charge in [0.1, 0.15) is 5.75 Å². The van der Waals surface area contributed by atoms with E-state index >= 15 is 0 Å². The minimum absolute atomic E-state index is 0.121. The monoisotopic (exact) mass is 409 g/mol. The molecule has 9 nitrogen and oxygen atoms in total. The van der Waals surface area contributed by atoms with Crippen LogP contribution in [-0.2, 0) is 6.54 Å². The summed E-state index contributed by atoms with van der Waals surface area (Å²) in [7, 11) is 3.44. The van der Waals surface area contributed by atoms with Crippen molar-refractivity contribution in [1.82, 2.24) is 24.9 Å². The van der Waals surface area contributed by atoms with Crippen molar-refractivity contribution in [2.24, 2.45) is 0 Å². The maximum absolute atomic E-state index is 12.8. The minimum Gasteiger partial charge on any atom is -0.497 e. The topological polar surface area (TPSA) is 105 Å². The van der Waals surface area contributed by atoms with Crippen molar-refractivity contribution in [3.05, 3.63) is 60.2 Å². The second-order valence-corrected chi connectivity index (χ2v) is 7.24. The molecular weight excluding hydrogens is 386 g/mol. The summed E-state index contributed by atoms with van der Waals surface area (Å²) in [5.74, 6) is 1.47. The number of likely N-dealkylation sites (tertiary alicyclic amines) is 1. The highest BCUT2D eigenvalue weighted by Crippen LogP contribution is 2.21. The highest BCUT2D eigenvalue weighted by molar-refractivity contribution is 5.94. The number of nitrogens with zero attached hydrogens (tertiary/aromatic N) is 5. The van der Waals surface area contributed by atoms with Crippen LogP contribution in [0, 0.1) is 0 Å². The van der Waals surface area contributed by atoms with Gasteiger partial charge in [-0.1, -0.05) is 5.16 Å². The summed E-state index contributed by atoms with van der Waals surface area (Å²) in [6.45, 7) is 1.04. The van der Waals surface area contributed by atoms with Crippen LogP contribution in [0.5, 0.6) is 5.75 Å². The summed E-state index contributed by atoms with van der Waals surface area (Å²) in [5.41, 5.74) is 1.33. The van der Waals surface area contributed by atoms with E-state index in [1.807, 2.05) is 18.0 Å². The van der Waals surface area contributed by atoms with Crippen LogP contribution in [0.1, 0.15) is 16.2 Å². The highest BCUT2D eigenvalue weighted by atomic mass is 16.5. The third-order valence-electron chi connectivity index (χ3n) is 5.22. The van der Waals surface area contributed by atoms with E-state index in [2.05, 4.69) is 15.1 Å². The predicted octanol–water partition coefficient (Wildman–Crippen LogP) is 1.46. The van der Waals surface area contributed by atoms with Crippen molar-refractivity contribution < 1.29 is 19.2 Å². The van der Waals surface area contributed by atoms with Gasteiger partial charge >= 0.3 is 0 Å². The predicted molar refractivity (Wildman–Crippen MR) is 108 cm³/mol. The first-order valence-electron chi connectivity index (χ1n) is 9.60. The molecule has 30 heavy (non-hydrogen) atoms. The zero-order valence-corrected chi connectivity index (χ0v) is 16.8. The van der Waals surface area contributed by atoms with Crippen LogP contribution < -0.4 is 4.74 Å². The standard InChI is InChI=1S/C21H23N5O4/c1-25(13-19-23-20(24-30-19)15-4-3-9-22-10-15)17-11-26(12-18(17)27)21(28)14-5-7-16(29-2)8-6-14/h3-10,17-18,27H,11-13H2,1-2H3/t17-,18-/m0/s1. The molecule has 9 heteroatoms. The SMILES string of the molecule is COc1ccc(C(=O)N2C[C@H](O)[C@@H](N(C)Cc3nc(-c4cccnc4)no3)C2)cc1. The van der Waals surface area contributed by atoms with Gasteiger partial charge in [-0.2, -0.15) is 4.98 Å². The average Bonchev–Trinajstić information content (AvgIpc) is 3.40. The molecule has 0 unspecified atom stereocenters. The number of carbonyl (C=O) groups excluding carboxylic acids is 1. The molecule has 1 aliphatic heterocycles. The van der Waals surface area contributed by atoms with Gasteiger partial charge in [0.15, 0.2) is 0 Å². The van der Waals surface area contributed by atoms with Crippen molar-refractivity contribution in [3.8, 4) is 17.1 Å². The Hall–Kier alpha value is -3.30. The molecule has 1 aliphatic rings. The molecule has 1 N–H and O–H groups in total. The van der Waals surface area contributed by atoms with Gasteiger partial charge in [-0.05, 0) is 43.4 Å². The zero-order chi connectivity index (χ0) is 21.1. The van der Waals surface area contributed by atoms with Crippen LogP contribution in [0.4, 0.5) is 0 Å². The number of methoxy groups -OCH3 is 1. The summed E-state index contributed by atoms with van der Waals surface area (Å²) < 4.78 is 10.5. The van der Waals surface area contributed by atoms with Crippen LogP contribution in [0.2, 0.25) is 0 Å². The molecule has 0 radical (unpaired) electrons. The number of amides is 1. The molecule has 2 aromatic heterocycles. The van der Waals surface area contributed by atoms with Crippen molar-refractivity contribution in [3.63, 3.8) is 0 Å². The molecule has 3 aromatic rings. The van der Waals surface area contributed by atoms with Crippen molar-refractivity contribution in [1.29, 1.82) is 0 Å². The number of hydrogen-bond acceptors (Lipinski definition) is 8. The number of benzene rings is 1. The van der Waals surface area contributed by atoms with E-state index in [0.717, 1.165) is 5.56 Å². The fourth-order valence-corrected chi connectivity index (χ4v) is 3.55. The Kier molecular flexibility index (Phi) is 5.73. The van der Waals surface area contributed by atoms with Crippen LogP contribution in [0.25, 0.3) is 11.4 Å². The number of ether oxygens (including phenoxy) is 1. The number of pyridine rings is 1. The van der Waals surface area contributed by atoms with Crippen LogP contribution in [0.3, 0.4) is 0 Å². The minimum atomic E-state index is -0.669. The molecule has 1 fully saturated rings. The van der Waals surface area contributed by atoms with Crippen molar-refractivity contribution in [2.75, 3.05) is 27.2 Å². The van der Waals surface area contributed by atoms with Gasteiger partial charge in [0.05, 0.1) is 25.8 Å². The molecule has 0 saturated carbocycles. The van der Waals surface area contributed by atoms with Gasteiger partial charge in [-0.25, -0.2) is 0 Å². The number of rotatable bonds is 6. The molecule has 0 aliphatic carbocycles. The van der Waals surface area contributed by atoms with Crippen LogP contribution in [-0.4, -0.2) is 75.3 Å². The third-order valence-corrected chi connectivity index (χ3v) is 5.22. The van der Waals surface area contributed by atoms with E-state index < -0.39 is 6.10 Å². The molecule has 2 atom stereocenters. The molecule has 1 amide bonds. The van der Waals surface area contributed by atoms with E-state index in [9.17, 15) is 9.90 Å². The summed E-state index contributed by atoms with van der Waals surface area (Å²) in [4.78, 5) is 24.8. The van der Waals surface area contributed by atoms with E-state index in [-0.39, 0.29) is 18.5 Å². The fourth-order valence-electron chi connectivity index (χ4n) is 3.55. The smallest absolute Gasteiger partial charge is 0.254 e. The molecule has 156 valence electrons. The molecule has 4 rings (SSSR count). The number of aliphatic hydroxyl groups is 1. The fraction of sp³-hybridized carbons (Fsp3) is 0.333. The average molecular weight is 409 g/mol. The number of aliphatic hydroxyl groups excluding tert-OH is 1. The first kappa shape index (κ1) is 20.0. The normalized spacial score (nSPS) is 18.7. The van der Waals surface area contributed by atoms with Gasteiger partial charge in [-0.3, -0.25) is 14.7 Å². The van der Waals surface area contributed by atoms with Gasteiger partial charge in [0.25, 0.3) is 5.91 Å². The highest BCUT2D eigenvalue weighted by Gasteiger charge is 2.37. The maximum atomic E-state index is 12.8. The number of hydrogen-bond donors (Lipinski definition) is 1. The lowest BCUT2D eigenvalue weighted by molar-refractivity contribution is 0.0761. The van der Waals surface area contributed by atoms with Crippen LogP contribution >= 0.6 is 0 Å². The molecule has 3 heterocycles. The molecule has 1 saturated heterocycles. The molecular formula is C21H23N5O4. The molecule has 1 aromatic carbocycles. The van der Waals surface area contributed by atoms with E-state index in [0.29, 0.717) is 36.1 Å². The Morgan fingerprint density at radius 2 is 2.10 bits per heavy atom. The first-order valence-corrected chi connectivity index (χ1v) is 9.60. The Labute approximate surface area is 173 Å². The van der Waals surface area contributed by atoms with E-state index in [1.165, 1.54) is 0 Å². The van der Waals surface area contributed by atoms with Crippen molar-refractivity contribution >= 4 is 5.91 Å². The summed E-state index contributed by atoms with van der Waals surface area (Å²) >= 11 is 0. The second-order valence-electron chi connectivity index (χ2n) is 7.24. The lowest BCUT2D eigenvalue weighted by Gasteiger charge is -2.24. The van der Waals surface area contributed by atoms with Gasteiger partial charge in [0.2, 0.25) is 11.7 Å². The molecule has 0 bridgehead atoms. The molecule has 0 spiro atoms. The lowest BCUT2D eigenvalue weighted by atomic mass is 10.2. The maximum Gasteiger partial charge on any atom is 0.254 e. The Balaban J connectivity index is 1.39. The number of aromatic nitrogens is 3. The largest absolute Gasteiger partial charge is 0.497 e. The summed E-state index contributed by atoms with van der Waals surface area (Å²) in [6.07, 6.45) is 2.68. The van der Waals surface area contributed by atoms with E-state index in [1.54, 1.807) is 54.7 Å². The Morgan fingerprint density at radius 1 is 1.30 bits per heavy atom. The van der Waals surface area contributed by atoms with Crippen LogP contribution in [0.15, 0.2) is 53.3 Å². The zero-order valence-electron chi connectivity index (χ0n) is 16.8. The van der Waals surface area contributed by atoms with Gasteiger partial charge in [-0.15, -0.1) is 0 Å². The number of carbonyl (C=O) groups is 1. The van der Waals surface area contributed by atoms with Gasteiger partial charge < -0.3 is 19.3 Å². The first-order chi connectivity index (χ1) is 14.5. The Bertz CT molecular complexity index is 992. The van der Waals surface area contributed by atoms with E-state index in [4.69, 9.17) is 9.26 Å².